The topological polar surface area (TPSA) is 123 Å². The summed E-state index contributed by atoms with van der Waals surface area (Å²) in [5, 5.41) is 11.6. The van der Waals surface area contributed by atoms with Crippen molar-refractivity contribution in [3.8, 4) is 102 Å². The summed E-state index contributed by atoms with van der Waals surface area (Å²) in [6.45, 7) is 0. The molecule has 8 aromatic heterocycles. The number of para-hydroxylation sites is 10. The lowest BCUT2D eigenvalue weighted by atomic mass is 10.0. The molecular formula is C102H64N12. The van der Waals surface area contributed by atoms with Gasteiger partial charge in [-0.15, -0.1) is 0 Å². The van der Waals surface area contributed by atoms with Crippen LogP contribution in [0.4, 0.5) is 0 Å². The molecule has 0 saturated heterocycles. The number of pyridine rings is 2. The van der Waals surface area contributed by atoms with Crippen LogP contribution in [0.25, 0.3) is 211 Å². The molecule has 12 heteroatoms. The van der Waals surface area contributed by atoms with E-state index in [9.17, 15) is 0 Å². The zero-order chi connectivity index (χ0) is 75.2. The van der Waals surface area contributed by atoms with E-state index in [-0.39, 0.29) is 0 Å². The second kappa shape index (κ2) is 27.2. The number of nitrogens with zero attached hydrogens (tertiary/aromatic N) is 12. The average Bonchev–Trinajstić information content (AvgIpc) is 1.54. The van der Waals surface area contributed by atoms with Gasteiger partial charge >= 0.3 is 0 Å². The van der Waals surface area contributed by atoms with Gasteiger partial charge in [-0.05, 0) is 97.1 Å². The minimum absolute atomic E-state index is 0.576. The molecule has 0 bridgehead atoms. The van der Waals surface area contributed by atoms with Gasteiger partial charge in [-0.3, -0.25) is 4.57 Å². The van der Waals surface area contributed by atoms with E-state index in [1.165, 1.54) is 21.8 Å². The van der Waals surface area contributed by atoms with Crippen LogP contribution in [0.2, 0.25) is 0 Å². The monoisotopic (exact) mass is 1460 g/mol. The van der Waals surface area contributed by atoms with Gasteiger partial charge in [-0.2, -0.15) is 9.97 Å². The Labute approximate surface area is 653 Å². The maximum Gasteiger partial charge on any atom is 0.238 e. The van der Waals surface area contributed by atoms with Gasteiger partial charge in [0.1, 0.15) is 0 Å². The first-order chi connectivity index (χ1) is 56.6. The quantitative estimate of drug-likeness (QED) is 0.125. The molecule has 0 radical (unpaired) electrons. The predicted octanol–water partition coefficient (Wildman–Crippen LogP) is 24.9. The fraction of sp³-hybridized carbons (Fsp3) is 0. The number of rotatable bonds is 11. The van der Waals surface area contributed by atoms with E-state index in [0.29, 0.717) is 35.1 Å². The molecule has 532 valence electrons. The Bertz CT molecular complexity index is 7580. The Morgan fingerprint density at radius 2 is 0.404 bits per heavy atom. The first kappa shape index (κ1) is 65.4. The molecule has 0 amide bonds. The van der Waals surface area contributed by atoms with E-state index in [0.717, 1.165) is 155 Å². The highest BCUT2D eigenvalue weighted by atomic mass is 15.2. The normalized spacial score (nSPS) is 11.7. The molecule has 0 atom stereocenters. The average molecular weight is 1460 g/mol. The number of aromatic nitrogens is 12. The van der Waals surface area contributed by atoms with E-state index in [4.69, 9.17) is 39.9 Å². The zero-order valence-electron chi connectivity index (χ0n) is 61.3. The summed E-state index contributed by atoms with van der Waals surface area (Å²) in [6, 6.07) is 135. The Balaban J connectivity index is 0.000000140. The number of hydrogen-bond donors (Lipinski definition) is 0. The lowest BCUT2D eigenvalue weighted by molar-refractivity contribution is 0.953. The van der Waals surface area contributed by atoms with Gasteiger partial charge in [0.15, 0.2) is 29.1 Å². The Morgan fingerprint density at radius 1 is 0.158 bits per heavy atom. The molecule has 0 aliphatic rings. The van der Waals surface area contributed by atoms with Crippen molar-refractivity contribution in [2.45, 2.75) is 0 Å². The van der Waals surface area contributed by atoms with E-state index in [1.807, 2.05) is 60.7 Å². The van der Waals surface area contributed by atoms with Crippen molar-refractivity contribution >= 4 is 109 Å². The Hall–Kier alpha value is -15.7. The lowest BCUT2D eigenvalue weighted by Gasteiger charge is -2.12. The molecule has 0 aliphatic carbocycles. The molecule has 15 aromatic carbocycles. The van der Waals surface area contributed by atoms with Crippen LogP contribution in [-0.2, 0) is 0 Å². The number of hydrogen-bond acceptors (Lipinski definition) is 8. The third-order valence-electron chi connectivity index (χ3n) is 21.9. The van der Waals surface area contributed by atoms with E-state index in [1.54, 1.807) is 0 Å². The summed E-state index contributed by atoms with van der Waals surface area (Å²) >= 11 is 0. The van der Waals surface area contributed by atoms with Gasteiger partial charge in [0.25, 0.3) is 0 Å². The van der Waals surface area contributed by atoms with Crippen molar-refractivity contribution in [2.75, 3.05) is 0 Å². The van der Waals surface area contributed by atoms with Crippen molar-refractivity contribution in [2.24, 2.45) is 0 Å². The van der Waals surface area contributed by atoms with Crippen LogP contribution in [0.3, 0.4) is 0 Å². The summed E-state index contributed by atoms with van der Waals surface area (Å²) in [7, 11) is 0. The van der Waals surface area contributed by atoms with Gasteiger partial charge in [0.05, 0.1) is 66.6 Å². The Morgan fingerprint density at radius 3 is 0.763 bits per heavy atom. The summed E-state index contributed by atoms with van der Waals surface area (Å²) < 4.78 is 9.22. The van der Waals surface area contributed by atoms with Gasteiger partial charge in [0, 0.05) is 110 Å². The highest BCUT2D eigenvalue weighted by Gasteiger charge is 2.25. The molecule has 114 heavy (non-hydrogen) atoms. The first-order valence-corrected chi connectivity index (χ1v) is 38.2. The minimum atomic E-state index is 0.576. The molecule has 0 N–H and O–H groups in total. The SMILES string of the molecule is c1ccc(-c2nc(-c3ccc(-c4nc5ccccc5c5c4c4ccccc4n5-c4ccccc4)cc3)nc(-c3ccc(-n4c5ccccc5c5ccccc54)cc3)n2)cc1.c1ccc(-c2nc(-c3ccc(-c4nc5ccccc5c5c4c4ccccc4n5-c4ccccc4)cc3)nc(-n3c4ccccc4c4ccccc43)n2)cc1. The fourth-order valence-corrected chi connectivity index (χ4v) is 16.8. The van der Waals surface area contributed by atoms with Crippen LogP contribution in [-0.4, -0.2) is 58.1 Å². The molecule has 12 nitrogen and oxygen atoms in total. The molecule has 0 saturated carbocycles. The smallest absolute Gasteiger partial charge is 0.238 e. The standard InChI is InChI=1S/C54H34N6.C48H30N6/c1-3-15-36(16-4-1)52-56-53(58-54(57-52)38-31-33-40(34-32-38)59-46-24-12-8-19-41(46)42-20-9-13-25-47(42)59)37-29-27-35(28-30-37)50-49-44-22-10-14-26-48(44)60(39-17-5-2-6-18-39)51(49)43-21-7-11-23-45(43)55-50;1-3-15-32(16-4-1)46-50-47(52-48(51-46)54-40-24-12-8-19-35(40)36-20-9-13-25-41(36)54)33-29-27-31(28-30-33)44-43-38-22-10-14-26-42(38)53(34-17-5-2-6-18-34)45(43)37-21-7-11-23-39(37)49-44/h1-34H;1-30H. The van der Waals surface area contributed by atoms with Crippen LogP contribution in [0.15, 0.2) is 388 Å². The number of fused-ring (bicyclic) bond motifs is 16. The van der Waals surface area contributed by atoms with Crippen LogP contribution >= 0.6 is 0 Å². The van der Waals surface area contributed by atoms with Crippen molar-refractivity contribution in [3.05, 3.63) is 388 Å². The van der Waals surface area contributed by atoms with Crippen LogP contribution in [0, 0.1) is 0 Å². The van der Waals surface area contributed by atoms with Crippen LogP contribution in [0.1, 0.15) is 0 Å². The molecule has 0 aliphatic heterocycles. The highest BCUT2D eigenvalue weighted by Crippen LogP contribution is 2.45. The second-order valence-electron chi connectivity index (χ2n) is 28.5. The van der Waals surface area contributed by atoms with E-state index < -0.39 is 0 Å². The van der Waals surface area contributed by atoms with Crippen molar-refractivity contribution in [1.82, 2.24) is 58.1 Å². The summed E-state index contributed by atoms with van der Waals surface area (Å²) in [5.41, 5.74) is 22.7. The third kappa shape index (κ3) is 11.0. The summed E-state index contributed by atoms with van der Waals surface area (Å²) in [6.07, 6.45) is 0. The fourth-order valence-electron chi connectivity index (χ4n) is 16.8. The van der Waals surface area contributed by atoms with Crippen molar-refractivity contribution < 1.29 is 0 Å². The predicted molar refractivity (Wildman–Crippen MR) is 466 cm³/mol. The third-order valence-corrected chi connectivity index (χ3v) is 21.9. The maximum atomic E-state index is 5.34. The highest BCUT2D eigenvalue weighted by molar-refractivity contribution is 6.24. The van der Waals surface area contributed by atoms with Crippen LogP contribution < -0.4 is 0 Å². The van der Waals surface area contributed by atoms with Gasteiger partial charge < -0.3 is 13.7 Å². The van der Waals surface area contributed by atoms with Crippen molar-refractivity contribution in [1.29, 1.82) is 0 Å². The molecule has 23 aromatic rings. The van der Waals surface area contributed by atoms with E-state index >= 15 is 0 Å². The van der Waals surface area contributed by atoms with Gasteiger partial charge in [-0.1, -0.05) is 291 Å². The van der Waals surface area contributed by atoms with Gasteiger partial charge in [0.2, 0.25) is 5.95 Å². The Kier molecular flexibility index (Phi) is 15.6. The first-order valence-electron chi connectivity index (χ1n) is 38.2. The lowest BCUT2D eigenvalue weighted by Crippen LogP contribution is -2.06. The second-order valence-corrected chi connectivity index (χ2v) is 28.5. The maximum absolute atomic E-state index is 5.34. The molecule has 23 rings (SSSR count). The summed E-state index contributed by atoms with van der Waals surface area (Å²) in [4.78, 5) is 41.2. The molecule has 8 heterocycles. The zero-order valence-corrected chi connectivity index (χ0v) is 61.3. The molecular weight excluding hydrogens is 1390 g/mol. The van der Waals surface area contributed by atoms with Gasteiger partial charge in [-0.25, -0.2) is 29.9 Å². The molecule has 0 fully saturated rings. The number of benzene rings is 15. The largest absolute Gasteiger partial charge is 0.309 e. The molecule has 0 unspecified atom stereocenters. The van der Waals surface area contributed by atoms with E-state index in [2.05, 4.69) is 346 Å². The summed E-state index contributed by atoms with van der Waals surface area (Å²) in [5.74, 6) is 3.64. The van der Waals surface area contributed by atoms with Crippen LogP contribution in [0.5, 0.6) is 0 Å². The molecule has 0 spiro atoms. The minimum Gasteiger partial charge on any atom is -0.309 e. The van der Waals surface area contributed by atoms with Crippen molar-refractivity contribution in [3.63, 3.8) is 0 Å².